The number of ether oxygens (including phenoxy) is 1. The molecule has 1 fully saturated rings. The normalized spacial score (nSPS) is 16.1. The molecule has 0 bridgehead atoms. The van der Waals surface area contributed by atoms with Gasteiger partial charge in [0.25, 0.3) is 5.91 Å². The molecule has 1 aromatic heterocycles. The minimum absolute atomic E-state index is 0. The third-order valence-electron chi connectivity index (χ3n) is 3.90. The Morgan fingerprint density at radius 1 is 1.39 bits per heavy atom. The van der Waals surface area contributed by atoms with Crippen molar-refractivity contribution in [2.24, 2.45) is 5.73 Å². The molecule has 1 aliphatic rings. The summed E-state index contributed by atoms with van der Waals surface area (Å²) in [6.07, 6.45) is -4.04. The number of aromatic nitrogens is 1. The molecule has 0 spiro atoms. The molecule has 0 saturated carbocycles. The Kier molecular flexibility index (Phi) is 8.80. The van der Waals surface area contributed by atoms with Crippen molar-refractivity contribution in [2.45, 2.75) is 25.4 Å². The SMILES string of the molecule is Cl.Cl.NCc1nc(C(=O)NC2CCN(c3cccc(OC(F)(F)F)c3)C2)cs1. The number of hydrogen-bond donors (Lipinski definition) is 2. The van der Waals surface area contributed by atoms with Crippen molar-refractivity contribution in [3.8, 4) is 5.75 Å². The van der Waals surface area contributed by atoms with Crippen LogP contribution < -0.4 is 20.7 Å². The lowest BCUT2D eigenvalue weighted by Gasteiger charge is -2.20. The van der Waals surface area contributed by atoms with Gasteiger partial charge in [-0.05, 0) is 18.6 Å². The van der Waals surface area contributed by atoms with Gasteiger partial charge in [-0.15, -0.1) is 49.3 Å². The molecule has 1 aromatic carbocycles. The lowest BCUT2D eigenvalue weighted by molar-refractivity contribution is -0.274. The molecule has 28 heavy (non-hydrogen) atoms. The van der Waals surface area contributed by atoms with E-state index >= 15 is 0 Å². The van der Waals surface area contributed by atoms with Crippen molar-refractivity contribution in [3.63, 3.8) is 0 Å². The van der Waals surface area contributed by atoms with Gasteiger partial charge in [0.05, 0.1) is 0 Å². The van der Waals surface area contributed by atoms with E-state index in [1.165, 1.54) is 29.5 Å². The average Bonchev–Trinajstić information content (AvgIpc) is 3.22. The van der Waals surface area contributed by atoms with Crippen LogP contribution in [0.25, 0.3) is 0 Å². The summed E-state index contributed by atoms with van der Waals surface area (Å²) in [6, 6.07) is 5.69. The van der Waals surface area contributed by atoms with E-state index in [1.54, 1.807) is 11.4 Å². The highest BCUT2D eigenvalue weighted by Crippen LogP contribution is 2.28. The zero-order chi connectivity index (χ0) is 18.7. The number of hydrogen-bond acceptors (Lipinski definition) is 6. The molecular formula is C16H19Cl2F3N4O2S. The molecule has 1 unspecified atom stereocenters. The van der Waals surface area contributed by atoms with Crippen LogP contribution in [0.2, 0.25) is 0 Å². The highest BCUT2D eigenvalue weighted by Gasteiger charge is 2.31. The number of nitrogens with two attached hydrogens (primary N) is 1. The second kappa shape index (κ2) is 10.1. The monoisotopic (exact) mass is 458 g/mol. The van der Waals surface area contributed by atoms with E-state index in [0.717, 1.165) is 0 Å². The van der Waals surface area contributed by atoms with Gasteiger partial charge in [-0.3, -0.25) is 4.79 Å². The Bertz CT molecular complexity index is 791. The van der Waals surface area contributed by atoms with Gasteiger partial charge in [-0.25, -0.2) is 4.98 Å². The fourth-order valence-corrected chi connectivity index (χ4v) is 3.41. The zero-order valence-electron chi connectivity index (χ0n) is 14.4. The number of nitrogens with one attached hydrogen (secondary N) is 1. The topological polar surface area (TPSA) is 80.5 Å². The molecule has 2 heterocycles. The maximum Gasteiger partial charge on any atom is 0.573 e. The lowest BCUT2D eigenvalue weighted by atomic mass is 10.2. The van der Waals surface area contributed by atoms with Crippen molar-refractivity contribution < 1.29 is 22.7 Å². The highest BCUT2D eigenvalue weighted by molar-refractivity contribution is 7.09. The molecule has 156 valence electrons. The van der Waals surface area contributed by atoms with E-state index in [9.17, 15) is 18.0 Å². The second-order valence-electron chi connectivity index (χ2n) is 5.78. The van der Waals surface area contributed by atoms with Crippen LogP contribution in [0, 0.1) is 0 Å². The summed E-state index contributed by atoms with van der Waals surface area (Å²) in [7, 11) is 0. The molecule has 2 aromatic rings. The van der Waals surface area contributed by atoms with Gasteiger partial charge in [0.1, 0.15) is 16.5 Å². The number of benzene rings is 1. The minimum atomic E-state index is -4.73. The Morgan fingerprint density at radius 3 is 2.79 bits per heavy atom. The quantitative estimate of drug-likeness (QED) is 0.717. The lowest BCUT2D eigenvalue weighted by Crippen LogP contribution is -2.37. The first-order valence-corrected chi connectivity index (χ1v) is 8.78. The maximum absolute atomic E-state index is 12.3. The predicted octanol–water partition coefficient (Wildman–Crippen LogP) is 3.35. The molecule has 3 rings (SSSR count). The van der Waals surface area contributed by atoms with Crippen LogP contribution >= 0.6 is 36.2 Å². The Hall–Kier alpha value is -1.75. The van der Waals surface area contributed by atoms with Crippen molar-refractivity contribution >= 4 is 47.7 Å². The number of anilines is 1. The van der Waals surface area contributed by atoms with Gasteiger partial charge in [-0.2, -0.15) is 0 Å². The molecule has 0 radical (unpaired) electrons. The standard InChI is InChI=1S/C16H17F3N4O2S.2ClH/c17-16(18,19)25-12-3-1-2-11(6-12)23-5-4-10(8-23)21-15(24)13-9-26-14(7-20)22-13;;/h1-3,6,9-10H,4-5,7-8,20H2,(H,21,24);2*1H. The van der Waals surface area contributed by atoms with Crippen LogP contribution in [0.5, 0.6) is 5.75 Å². The van der Waals surface area contributed by atoms with Gasteiger partial charge < -0.3 is 20.7 Å². The van der Waals surface area contributed by atoms with Crippen LogP contribution in [0.3, 0.4) is 0 Å². The highest BCUT2D eigenvalue weighted by atomic mass is 35.5. The number of amides is 1. The summed E-state index contributed by atoms with van der Waals surface area (Å²) in [5.41, 5.74) is 6.43. The van der Waals surface area contributed by atoms with Crippen molar-refractivity contribution in [2.75, 3.05) is 18.0 Å². The molecule has 3 N–H and O–H groups in total. The van der Waals surface area contributed by atoms with E-state index in [2.05, 4.69) is 15.0 Å². The van der Waals surface area contributed by atoms with Gasteiger partial charge in [0.15, 0.2) is 0 Å². The summed E-state index contributed by atoms with van der Waals surface area (Å²) in [6.45, 7) is 1.39. The molecule has 6 nitrogen and oxygen atoms in total. The van der Waals surface area contributed by atoms with Gasteiger partial charge in [0, 0.05) is 42.8 Å². The van der Waals surface area contributed by atoms with Gasteiger partial charge >= 0.3 is 6.36 Å². The number of thiazole rings is 1. The summed E-state index contributed by atoms with van der Waals surface area (Å²) in [5, 5.41) is 5.24. The average molecular weight is 459 g/mol. The zero-order valence-corrected chi connectivity index (χ0v) is 16.9. The number of carbonyl (C=O) groups is 1. The number of nitrogens with zero attached hydrogens (tertiary/aromatic N) is 2. The smallest absolute Gasteiger partial charge is 0.406 e. The Morgan fingerprint density at radius 2 is 2.14 bits per heavy atom. The third kappa shape index (κ3) is 6.40. The maximum atomic E-state index is 12.3. The first-order chi connectivity index (χ1) is 12.3. The summed E-state index contributed by atoms with van der Waals surface area (Å²) < 4.78 is 41.0. The number of alkyl halides is 3. The number of halogens is 5. The Labute approximate surface area is 176 Å². The summed E-state index contributed by atoms with van der Waals surface area (Å²) in [4.78, 5) is 18.3. The van der Waals surface area contributed by atoms with Crippen LogP contribution in [0.1, 0.15) is 21.9 Å². The first-order valence-electron chi connectivity index (χ1n) is 7.90. The number of carbonyl (C=O) groups excluding carboxylic acids is 1. The molecular weight excluding hydrogens is 440 g/mol. The first kappa shape index (κ1) is 24.3. The predicted molar refractivity (Wildman–Crippen MR) is 106 cm³/mol. The third-order valence-corrected chi connectivity index (χ3v) is 4.77. The molecule has 12 heteroatoms. The molecule has 1 saturated heterocycles. The van der Waals surface area contributed by atoms with Crippen molar-refractivity contribution in [1.29, 1.82) is 0 Å². The fourth-order valence-electron chi connectivity index (χ4n) is 2.76. The molecule has 1 atom stereocenters. The number of rotatable bonds is 5. The van der Waals surface area contributed by atoms with Crippen molar-refractivity contribution in [3.05, 3.63) is 40.3 Å². The second-order valence-corrected chi connectivity index (χ2v) is 6.72. The van der Waals surface area contributed by atoms with Gasteiger partial charge in [-0.1, -0.05) is 6.07 Å². The van der Waals surface area contributed by atoms with E-state index in [4.69, 9.17) is 5.73 Å². The van der Waals surface area contributed by atoms with Crippen LogP contribution in [-0.4, -0.2) is 36.4 Å². The van der Waals surface area contributed by atoms with E-state index in [-0.39, 0.29) is 49.1 Å². The van der Waals surface area contributed by atoms with Crippen LogP contribution in [-0.2, 0) is 6.54 Å². The van der Waals surface area contributed by atoms with Gasteiger partial charge in [0.2, 0.25) is 0 Å². The van der Waals surface area contributed by atoms with E-state index in [1.807, 2.05) is 4.90 Å². The molecule has 1 aliphatic heterocycles. The fraction of sp³-hybridized carbons (Fsp3) is 0.375. The molecule has 1 amide bonds. The van der Waals surface area contributed by atoms with Crippen LogP contribution in [0.4, 0.5) is 18.9 Å². The van der Waals surface area contributed by atoms with E-state index < -0.39 is 6.36 Å². The Balaban J connectivity index is 0.00000196. The van der Waals surface area contributed by atoms with Crippen LogP contribution in [0.15, 0.2) is 29.6 Å². The minimum Gasteiger partial charge on any atom is -0.406 e. The summed E-state index contributed by atoms with van der Waals surface area (Å²) >= 11 is 1.33. The summed E-state index contributed by atoms with van der Waals surface area (Å²) in [5.74, 6) is -0.541. The molecule has 0 aliphatic carbocycles. The largest absolute Gasteiger partial charge is 0.573 e. The van der Waals surface area contributed by atoms with Crippen molar-refractivity contribution in [1.82, 2.24) is 10.3 Å². The van der Waals surface area contributed by atoms with E-state index in [0.29, 0.717) is 35.9 Å².